The van der Waals surface area contributed by atoms with E-state index in [2.05, 4.69) is 50.9 Å². The largest absolute Gasteiger partial charge is 0.465 e. The van der Waals surface area contributed by atoms with Gasteiger partial charge in [0.15, 0.2) is 0 Å². The van der Waals surface area contributed by atoms with Gasteiger partial charge in [-0.2, -0.15) is 0 Å². The smallest absolute Gasteiger partial charge is 0.118 e. The van der Waals surface area contributed by atoms with Crippen LogP contribution in [0.2, 0.25) is 0 Å². The van der Waals surface area contributed by atoms with Crippen molar-refractivity contribution < 1.29 is 4.42 Å². The molecule has 0 aliphatic carbocycles. The van der Waals surface area contributed by atoms with Gasteiger partial charge < -0.3 is 9.73 Å². The van der Waals surface area contributed by atoms with Crippen LogP contribution in [0.1, 0.15) is 51.2 Å². The summed E-state index contributed by atoms with van der Waals surface area (Å²) in [5.74, 6) is 2.82. The van der Waals surface area contributed by atoms with E-state index in [1.54, 1.807) is 0 Å². The number of hydrogen-bond donors (Lipinski definition) is 1. The standard InChI is InChI=1S/C17H30N2O/c1-13(2)9-18-10-16-8-15(14(3)20-16)11-19-7-6-17(4,5)12-19/h8,13,18H,6-7,9-12H2,1-5H3. The Hall–Kier alpha value is -0.800. The molecule has 0 amide bonds. The lowest BCUT2D eigenvalue weighted by Crippen LogP contribution is -2.23. The quantitative estimate of drug-likeness (QED) is 0.862. The summed E-state index contributed by atoms with van der Waals surface area (Å²) in [6.45, 7) is 16.6. The van der Waals surface area contributed by atoms with E-state index in [1.807, 2.05) is 0 Å². The van der Waals surface area contributed by atoms with Gasteiger partial charge in [-0.25, -0.2) is 0 Å². The molecule has 1 aromatic rings. The Morgan fingerprint density at radius 1 is 1.40 bits per heavy atom. The maximum absolute atomic E-state index is 5.87. The van der Waals surface area contributed by atoms with Gasteiger partial charge in [-0.05, 0) is 43.8 Å². The molecule has 2 rings (SSSR count). The zero-order valence-electron chi connectivity index (χ0n) is 13.8. The van der Waals surface area contributed by atoms with Gasteiger partial charge in [0.2, 0.25) is 0 Å². The number of nitrogens with zero attached hydrogens (tertiary/aromatic N) is 1. The van der Waals surface area contributed by atoms with Gasteiger partial charge in [0.05, 0.1) is 6.54 Å². The van der Waals surface area contributed by atoms with Gasteiger partial charge in [-0.3, -0.25) is 4.90 Å². The third kappa shape index (κ3) is 4.35. The van der Waals surface area contributed by atoms with Gasteiger partial charge in [-0.15, -0.1) is 0 Å². The Kier molecular flexibility index (Phi) is 4.92. The molecule has 0 saturated carbocycles. The van der Waals surface area contributed by atoms with Gasteiger partial charge >= 0.3 is 0 Å². The molecule has 1 fully saturated rings. The van der Waals surface area contributed by atoms with E-state index in [4.69, 9.17) is 4.42 Å². The van der Waals surface area contributed by atoms with E-state index in [0.29, 0.717) is 11.3 Å². The molecule has 114 valence electrons. The van der Waals surface area contributed by atoms with Crippen LogP contribution in [0.4, 0.5) is 0 Å². The van der Waals surface area contributed by atoms with Crippen molar-refractivity contribution in [3.05, 3.63) is 23.2 Å². The van der Waals surface area contributed by atoms with Gasteiger partial charge in [0.25, 0.3) is 0 Å². The first kappa shape index (κ1) is 15.6. The summed E-state index contributed by atoms with van der Waals surface area (Å²) in [4.78, 5) is 2.54. The van der Waals surface area contributed by atoms with Crippen LogP contribution in [-0.4, -0.2) is 24.5 Å². The first-order valence-corrected chi connectivity index (χ1v) is 7.87. The molecule has 1 N–H and O–H groups in total. The van der Waals surface area contributed by atoms with Gasteiger partial charge in [0.1, 0.15) is 11.5 Å². The summed E-state index contributed by atoms with van der Waals surface area (Å²) >= 11 is 0. The maximum Gasteiger partial charge on any atom is 0.118 e. The Balaban J connectivity index is 1.88. The van der Waals surface area contributed by atoms with E-state index >= 15 is 0 Å². The predicted molar refractivity (Wildman–Crippen MR) is 83.7 cm³/mol. The Labute approximate surface area is 123 Å². The normalized spacial score (nSPS) is 19.1. The molecule has 0 aromatic carbocycles. The van der Waals surface area contributed by atoms with Crippen molar-refractivity contribution in [3.63, 3.8) is 0 Å². The molecule has 20 heavy (non-hydrogen) atoms. The van der Waals surface area contributed by atoms with Crippen molar-refractivity contribution in [1.29, 1.82) is 0 Å². The fraction of sp³-hybridized carbons (Fsp3) is 0.765. The van der Waals surface area contributed by atoms with E-state index in [0.717, 1.165) is 31.2 Å². The fourth-order valence-electron chi connectivity index (χ4n) is 2.92. The summed E-state index contributed by atoms with van der Waals surface area (Å²) in [6.07, 6.45) is 1.30. The first-order chi connectivity index (χ1) is 9.35. The van der Waals surface area contributed by atoms with Crippen LogP contribution < -0.4 is 5.32 Å². The van der Waals surface area contributed by atoms with Crippen LogP contribution in [0.3, 0.4) is 0 Å². The first-order valence-electron chi connectivity index (χ1n) is 7.87. The zero-order valence-corrected chi connectivity index (χ0v) is 13.8. The predicted octanol–water partition coefficient (Wildman–Crippen LogP) is 3.57. The lowest BCUT2D eigenvalue weighted by molar-refractivity contribution is 0.282. The minimum atomic E-state index is 0.472. The molecule has 1 saturated heterocycles. The third-order valence-electron chi connectivity index (χ3n) is 4.07. The summed E-state index contributed by atoms with van der Waals surface area (Å²) in [5.41, 5.74) is 1.82. The lowest BCUT2D eigenvalue weighted by atomic mass is 9.93. The van der Waals surface area contributed by atoms with Crippen LogP contribution in [0, 0.1) is 18.3 Å². The van der Waals surface area contributed by atoms with Crippen molar-refractivity contribution in [2.75, 3.05) is 19.6 Å². The summed E-state index contributed by atoms with van der Waals surface area (Å²) in [6, 6.07) is 2.23. The second kappa shape index (κ2) is 6.31. The Bertz CT molecular complexity index is 434. The molecular formula is C17H30N2O. The number of aryl methyl sites for hydroxylation is 1. The molecule has 1 aliphatic heterocycles. The van der Waals surface area contributed by atoms with Crippen molar-refractivity contribution in [3.8, 4) is 0 Å². The number of nitrogens with one attached hydrogen (secondary N) is 1. The molecule has 0 unspecified atom stereocenters. The molecule has 1 aromatic heterocycles. The number of hydrogen-bond acceptors (Lipinski definition) is 3. The summed E-state index contributed by atoms with van der Waals surface area (Å²) < 4.78 is 5.87. The molecule has 0 spiro atoms. The van der Waals surface area contributed by atoms with Gasteiger partial charge in [-0.1, -0.05) is 27.7 Å². The van der Waals surface area contributed by atoms with Crippen molar-refractivity contribution >= 4 is 0 Å². The van der Waals surface area contributed by atoms with Crippen LogP contribution in [0.25, 0.3) is 0 Å². The molecule has 2 heterocycles. The van der Waals surface area contributed by atoms with Crippen LogP contribution in [-0.2, 0) is 13.1 Å². The number of rotatable bonds is 6. The highest BCUT2D eigenvalue weighted by Crippen LogP contribution is 2.30. The Morgan fingerprint density at radius 3 is 2.75 bits per heavy atom. The summed E-state index contributed by atoms with van der Waals surface area (Å²) in [7, 11) is 0. The van der Waals surface area contributed by atoms with Crippen LogP contribution in [0.15, 0.2) is 10.5 Å². The lowest BCUT2D eigenvalue weighted by Gasteiger charge is -2.19. The highest BCUT2D eigenvalue weighted by atomic mass is 16.3. The average molecular weight is 278 g/mol. The molecular weight excluding hydrogens is 248 g/mol. The third-order valence-corrected chi connectivity index (χ3v) is 4.07. The maximum atomic E-state index is 5.87. The number of likely N-dealkylation sites (tertiary alicyclic amines) is 1. The monoisotopic (exact) mass is 278 g/mol. The number of furan rings is 1. The second-order valence-corrected chi connectivity index (χ2v) is 7.44. The zero-order chi connectivity index (χ0) is 14.8. The minimum absolute atomic E-state index is 0.472. The highest BCUT2D eigenvalue weighted by molar-refractivity contribution is 5.21. The SMILES string of the molecule is Cc1oc(CNCC(C)C)cc1CN1CCC(C)(C)C1. The fourth-order valence-corrected chi connectivity index (χ4v) is 2.92. The topological polar surface area (TPSA) is 28.4 Å². The second-order valence-electron chi connectivity index (χ2n) is 7.44. The average Bonchev–Trinajstić information content (AvgIpc) is 2.83. The van der Waals surface area contributed by atoms with Crippen LogP contribution >= 0.6 is 0 Å². The molecule has 0 radical (unpaired) electrons. The van der Waals surface area contributed by atoms with Crippen molar-refractivity contribution in [2.45, 2.75) is 54.1 Å². The summed E-state index contributed by atoms with van der Waals surface area (Å²) in [5, 5.41) is 3.44. The molecule has 3 heteroatoms. The highest BCUT2D eigenvalue weighted by Gasteiger charge is 2.29. The minimum Gasteiger partial charge on any atom is -0.465 e. The molecule has 0 bridgehead atoms. The van der Waals surface area contributed by atoms with E-state index in [1.165, 1.54) is 25.1 Å². The van der Waals surface area contributed by atoms with Gasteiger partial charge in [0, 0.05) is 18.7 Å². The molecule has 3 nitrogen and oxygen atoms in total. The molecule has 0 atom stereocenters. The van der Waals surface area contributed by atoms with E-state index in [-0.39, 0.29) is 0 Å². The van der Waals surface area contributed by atoms with E-state index in [9.17, 15) is 0 Å². The van der Waals surface area contributed by atoms with Crippen LogP contribution in [0.5, 0.6) is 0 Å². The molecule has 1 aliphatic rings. The Morgan fingerprint density at radius 2 is 2.15 bits per heavy atom. The van der Waals surface area contributed by atoms with Crippen molar-refractivity contribution in [1.82, 2.24) is 10.2 Å². The van der Waals surface area contributed by atoms with E-state index < -0.39 is 0 Å². The van der Waals surface area contributed by atoms with Crippen molar-refractivity contribution in [2.24, 2.45) is 11.3 Å².